The van der Waals surface area contributed by atoms with E-state index in [1.165, 1.54) is 12.8 Å². The fourth-order valence-electron chi connectivity index (χ4n) is 5.43. The van der Waals surface area contributed by atoms with Crippen molar-refractivity contribution in [3.05, 3.63) is 28.3 Å². The number of hydrogen-bond acceptors (Lipinski definition) is 5. The highest BCUT2D eigenvalue weighted by molar-refractivity contribution is 6.31. The highest BCUT2D eigenvalue weighted by Gasteiger charge is 2.34. The molecule has 3 fully saturated rings. The van der Waals surface area contributed by atoms with Crippen LogP contribution in [0.2, 0.25) is 5.02 Å². The Kier molecular flexibility index (Phi) is 9.32. The van der Waals surface area contributed by atoms with E-state index in [-0.39, 0.29) is 36.5 Å². The number of nitrogens with zero attached hydrogens (tertiary/aromatic N) is 3. The van der Waals surface area contributed by atoms with Crippen LogP contribution in [0.15, 0.2) is 12.1 Å². The molecule has 10 heteroatoms. The Morgan fingerprint density at radius 3 is 2.49 bits per heavy atom. The molecule has 0 spiro atoms. The van der Waals surface area contributed by atoms with Gasteiger partial charge >= 0.3 is 12.1 Å². The van der Waals surface area contributed by atoms with E-state index in [2.05, 4.69) is 22.5 Å². The molecule has 4 rings (SSSR count). The fourth-order valence-corrected chi connectivity index (χ4v) is 5.67. The molecule has 1 saturated carbocycles. The predicted molar refractivity (Wildman–Crippen MR) is 153 cm³/mol. The first kappa shape index (κ1) is 29.5. The van der Waals surface area contributed by atoms with Crippen LogP contribution in [0.3, 0.4) is 0 Å². The zero-order valence-corrected chi connectivity index (χ0v) is 24.8. The van der Waals surface area contributed by atoms with Crippen molar-refractivity contribution in [3.63, 3.8) is 0 Å². The number of piperazine rings is 1. The first-order valence-corrected chi connectivity index (χ1v) is 14.6. The molecule has 4 amide bonds. The number of hydrogen-bond donors (Lipinski definition) is 2. The molecule has 3 aliphatic rings. The second-order valence-corrected chi connectivity index (χ2v) is 12.8. The van der Waals surface area contributed by atoms with Gasteiger partial charge in [-0.25, -0.2) is 9.59 Å². The molecule has 2 atom stereocenters. The lowest BCUT2D eigenvalue weighted by Crippen LogP contribution is -2.56. The zero-order valence-electron chi connectivity index (χ0n) is 24.0. The molecule has 39 heavy (non-hydrogen) atoms. The number of carbonyl (C=O) groups excluding carboxylic acids is 3. The largest absolute Gasteiger partial charge is 0.444 e. The molecular weight excluding hydrogens is 518 g/mol. The van der Waals surface area contributed by atoms with Gasteiger partial charge in [0.25, 0.3) is 0 Å². The van der Waals surface area contributed by atoms with Gasteiger partial charge in [-0.15, -0.1) is 0 Å². The third kappa shape index (κ3) is 8.24. The number of benzene rings is 1. The summed E-state index contributed by atoms with van der Waals surface area (Å²) in [7, 11) is 0. The summed E-state index contributed by atoms with van der Waals surface area (Å²) in [4.78, 5) is 44.2. The lowest BCUT2D eigenvalue weighted by Gasteiger charge is -2.40. The predicted octanol–water partition coefficient (Wildman–Crippen LogP) is 5.00. The molecule has 0 bridgehead atoms. The van der Waals surface area contributed by atoms with E-state index in [4.69, 9.17) is 16.3 Å². The minimum Gasteiger partial charge on any atom is -0.444 e. The fraction of sp³-hybridized carbons (Fsp3) is 0.690. The van der Waals surface area contributed by atoms with Gasteiger partial charge in [0, 0.05) is 68.5 Å². The van der Waals surface area contributed by atoms with Crippen molar-refractivity contribution in [1.82, 2.24) is 20.0 Å². The number of urea groups is 1. The number of amides is 4. The van der Waals surface area contributed by atoms with E-state index in [0.29, 0.717) is 36.3 Å². The Bertz CT molecular complexity index is 1070. The maximum absolute atomic E-state index is 13.0. The van der Waals surface area contributed by atoms with Crippen molar-refractivity contribution in [2.45, 2.75) is 91.0 Å². The Morgan fingerprint density at radius 2 is 1.82 bits per heavy atom. The summed E-state index contributed by atoms with van der Waals surface area (Å²) in [5, 5.41) is 6.68. The average Bonchev–Trinajstić information content (AvgIpc) is 3.55. The zero-order chi connectivity index (χ0) is 28.3. The number of likely N-dealkylation sites (tertiary alicyclic amines) is 1. The topological polar surface area (TPSA) is 94.2 Å². The highest BCUT2D eigenvalue weighted by Crippen LogP contribution is 2.29. The van der Waals surface area contributed by atoms with Gasteiger partial charge in [-0.2, -0.15) is 0 Å². The van der Waals surface area contributed by atoms with Crippen LogP contribution in [0.4, 0.5) is 15.3 Å². The molecule has 1 aromatic carbocycles. The summed E-state index contributed by atoms with van der Waals surface area (Å²) in [6, 6.07) is 3.69. The molecule has 2 N–H and O–H groups in total. The van der Waals surface area contributed by atoms with Crippen molar-refractivity contribution in [3.8, 4) is 0 Å². The van der Waals surface area contributed by atoms with Gasteiger partial charge in [-0.1, -0.05) is 11.6 Å². The van der Waals surface area contributed by atoms with Crippen molar-refractivity contribution >= 4 is 35.3 Å². The van der Waals surface area contributed by atoms with Gasteiger partial charge in [0.1, 0.15) is 5.60 Å². The summed E-state index contributed by atoms with van der Waals surface area (Å²) >= 11 is 6.48. The van der Waals surface area contributed by atoms with E-state index < -0.39 is 5.60 Å². The lowest BCUT2D eigenvalue weighted by atomic mass is 10.0. The van der Waals surface area contributed by atoms with Crippen LogP contribution < -0.4 is 10.6 Å². The highest BCUT2D eigenvalue weighted by atomic mass is 35.5. The molecule has 216 valence electrons. The number of anilines is 1. The maximum Gasteiger partial charge on any atom is 0.410 e. The van der Waals surface area contributed by atoms with Gasteiger partial charge in [0.15, 0.2) is 0 Å². The summed E-state index contributed by atoms with van der Waals surface area (Å²) < 4.78 is 5.53. The first-order valence-electron chi connectivity index (χ1n) is 14.2. The van der Waals surface area contributed by atoms with E-state index in [1.807, 2.05) is 38.7 Å². The van der Waals surface area contributed by atoms with Gasteiger partial charge in [0.05, 0.1) is 0 Å². The Morgan fingerprint density at radius 1 is 1.08 bits per heavy atom. The molecule has 2 heterocycles. The van der Waals surface area contributed by atoms with Crippen molar-refractivity contribution in [2.75, 3.05) is 38.0 Å². The normalized spacial score (nSPS) is 22.1. The quantitative estimate of drug-likeness (QED) is 0.488. The van der Waals surface area contributed by atoms with Gasteiger partial charge in [-0.3, -0.25) is 9.69 Å². The van der Waals surface area contributed by atoms with E-state index in [1.54, 1.807) is 11.0 Å². The second kappa shape index (κ2) is 12.3. The van der Waals surface area contributed by atoms with E-state index in [0.717, 1.165) is 43.6 Å². The number of halogens is 1. The molecule has 0 aromatic heterocycles. The van der Waals surface area contributed by atoms with Crippen LogP contribution in [-0.4, -0.2) is 83.1 Å². The molecule has 1 aromatic rings. The summed E-state index contributed by atoms with van der Waals surface area (Å²) in [5.74, 6) is 0.513. The van der Waals surface area contributed by atoms with Gasteiger partial charge in [0.2, 0.25) is 5.91 Å². The smallest absolute Gasteiger partial charge is 0.410 e. The molecular formula is C29H44ClN5O4. The van der Waals surface area contributed by atoms with Crippen LogP contribution in [0.1, 0.15) is 70.9 Å². The minimum absolute atomic E-state index is 0.0329. The Labute approximate surface area is 237 Å². The third-order valence-electron chi connectivity index (χ3n) is 7.79. The first-order chi connectivity index (χ1) is 18.4. The van der Waals surface area contributed by atoms with Crippen LogP contribution >= 0.6 is 11.6 Å². The van der Waals surface area contributed by atoms with Crippen molar-refractivity contribution in [1.29, 1.82) is 0 Å². The van der Waals surface area contributed by atoms with E-state index in [9.17, 15) is 14.4 Å². The van der Waals surface area contributed by atoms with Crippen LogP contribution in [0, 0.1) is 12.8 Å². The van der Waals surface area contributed by atoms with Crippen LogP contribution in [0.5, 0.6) is 0 Å². The SMILES string of the molecule is Cc1c(CN2CCN(C(=O)NCC3CC3)[C@@H](C)C2)cc(Cl)cc1NC(=O)CC1CCCN1C(=O)OC(C)(C)C. The number of rotatable bonds is 7. The Hall–Kier alpha value is -2.52. The molecule has 9 nitrogen and oxygen atoms in total. The maximum atomic E-state index is 13.0. The summed E-state index contributed by atoms with van der Waals surface area (Å²) in [6.07, 6.45) is 3.91. The number of carbonyl (C=O) groups is 3. The van der Waals surface area contributed by atoms with Crippen molar-refractivity contribution < 1.29 is 19.1 Å². The van der Waals surface area contributed by atoms with Gasteiger partial charge < -0.3 is 25.2 Å². The number of ether oxygens (including phenoxy) is 1. The van der Waals surface area contributed by atoms with Crippen LogP contribution in [0.25, 0.3) is 0 Å². The third-order valence-corrected chi connectivity index (χ3v) is 8.00. The Balaban J connectivity index is 1.33. The number of nitrogens with one attached hydrogen (secondary N) is 2. The monoisotopic (exact) mass is 561 g/mol. The van der Waals surface area contributed by atoms with Crippen LogP contribution in [-0.2, 0) is 16.1 Å². The summed E-state index contributed by atoms with van der Waals surface area (Å²) in [6.45, 7) is 13.9. The van der Waals surface area contributed by atoms with E-state index >= 15 is 0 Å². The molecule has 1 unspecified atom stereocenters. The van der Waals surface area contributed by atoms with Crippen molar-refractivity contribution in [2.24, 2.45) is 5.92 Å². The molecule has 2 saturated heterocycles. The standard InChI is InChI=1S/C29H44ClN5O4/c1-19-17-33(11-12-34(19)27(37)31-16-21-8-9-21)18-22-13-23(30)14-25(20(22)2)32-26(36)15-24-7-6-10-35(24)28(38)39-29(3,4)5/h13-14,19,21,24H,6-12,15-18H2,1-5H3,(H,31,37)(H,32,36)/t19-,24?/m0/s1. The minimum atomic E-state index is -0.576. The molecule has 2 aliphatic heterocycles. The summed E-state index contributed by atoms with van der Waals surface area (Å²) in [5.41, 5.74) is 2.14. The molecule has 0 radical (unpaired) electrons. The molecule has 1 aliphatic carbocycles. The average molecular weight is 562 g/mol. The second-order valence-electron chi connectivity index (χ2n) is 12.4. The lowest BCUT2D eigenvalue weighted by molar-refractivity contribution is -0.117. The van der Waals surface area contributed by atoms with Gasteiger partial charge in [-0.05, 0) is 89.5 Å².